The van der Waals surface area contributed by atoms with Crippen LogP contribution in [0.5, 0.6) is 0 Å². The average Bonchev–Trinajstić information content (AvgIpc) is 2.67. The summed E-state index contributed by atoms with van der Waals surface area (Å²) in [4.78, 5) is 12.3. The number of nitrogens with zero attached hydrogens (tertiary/aromatic N) is 3. The van der Waals surface area contributed by atoms with Crippen molar-refractivity contribution in [2.75, 3.05) is 23.3 Å². The smallest absolute Gasteiger partial charge is 0.393 e. The molecule has 0 bridgehead atoms. The van der Waals surface area contributed by atoms with E-state index >= 15 is 0 Å². The summed E-state index contributed by atoms with van der Waals surface area (Å²) >= 11 is 5.69. The SMILES string of the molecule is N#Cc1cc(Nc2cc(Cl)c(C(F)(F)F)cc2[N+](=O)[O-])ccc1N1CCC(O)CC1. The number of benzene rings is 2. The molecule has 11 heteroatoms. The lowest BCUT2D eigenvalue weighted by molar-refractivity contribution is -0.384. The molecule has 0 aliphatic carbocycles. The molecule has 1 fully saturated rings. The van der Waals surface area contributed by atoms with Gasteiger partial charge in [-0.3, -0.25) is 10.1 Å². The first kappa shape index (κ1) is 21.7. The van der Waals surface area contributed by atoms with Gasteiger partial charge in [0.2, 0.25) is 0 Å². The minimum Gasteiger partial charge on any atom is -0.393 e. The molecular formula is C19H16ClF3N4O3. The molecule has 0 aromatic heterocycles. The monoisotopic (exact) mass is 440 g/mol. The van der Waals surface area contributed by atoms with Gasteiger partial charge in [-0.2, -0.15) is 18.4 Å². The van der Waals surface area contributed by atoms with Crippen LogP contribution in [0.1, 0.15) is 24.0 Å². The quantitative estimate of drug-likeness (QED) is 0.520. The fourth-order valence-corrected chi connectivity index (χ4v) is 3.54. The first-order chi connectivity index (χ1) is 14.1. The van der Waals surface area contributed by atoms with E-state index in [1.807, 2.05) is 4.90 Å². The average molecular weight is 441 g/mol. The minimum absolute atomic E-state index is 0.226. The van der Waals surface area contributed by atoms with Crippen LogP contribution in [0.2, 0.25) is 5.02 Å². The molecule has 2 aromatic carbocycles. The molecule has 3 rings (SSSR count). The number of halogens is 4. The number of nitrogens with one attached hydrogen (secondary N) is 1. The van der Waals surface area contributed by atoms with Crippen molar-refractivity contribution in [3.05, 3.63) is 56.6 Å². The zero-order chi connectivity index (χ0) is 22.1. The van der Waals surface area contributed by atoms with Gasteiger partial charge in [-0.25, -0.2) is 0 Å². The van der Waals surface area contributed by atoms with Gasteiger partial charge in [-0.15, -0.1) is 0 Å². The van der Waals surface area contributed by atoms with E-state index in [1.54, 1.807) is 12.1 Å². The molecule has 0 amide bonds. The van der Waals surface area contributed by atoms with Crippen molar-refractivity contribution in [3.8, 4) is 6.07 Å². The van der Waals surface area contributed by atoms with E-state index in [0.29, 0.717) is 37.7 Å². The summed E-state index contributed by atoms with van der Waals surface area (Å²) in [6, 6.07) is 7.94. The minimum atomic E-state index is -4.84. The van der Waals surface area contributed by atoms with Crippen molar-refractivity contribution < 1.29 is 23.2 Å². The Morgan fingerprint density at radius 1 is 1.27 bits per heavy atom. The van der Waals surface area contributed by atoms with E-state index in [9.17, 15) is 33.7 Å². The Balaban J connectivity index is 1.94. The van der Waals surface area contributed by atoms with Crippen molar-refractivity contribution in [1.82, 2.24) is 0 Å². The molecule has 0 radical (unpaired) electrons. The highest BCUT2D eigenvalue weighted by molar-refractivity contribution is 6.31. The van der Waals surface area contributed by atoms with E-state index in [0.717, 1.165) is 6.07 Å². The third-order valence-electron chi connectivity index (χ3n) is 4.79. The summed E-state index contributed by atoms with van der Waals surface area (Å²) in [6.07, 6.45) is -4.07. The number of nitro groups is 1. The van der Waals surface area contributed by atoms with E-state index in [2.05, 4.69) is 11.4 Å². The van der Waals surface area contributed by atoms with E-state index < -0.39 is 27.4 Å². The molecule has 1 heterocycles. The van der Waals surface area contributed by atoms with Gasteiger partial charge in [-0.05, 0) is 37.1 Å². The number of anilines is 3. The van der Waals surface area contributed by atoms with Gasteiger partial charge >= 0.3 is 6.18 Å². The Kier molecular flexibility index (Phi) is 6.05. The van der Waals surface area contributed by atoms with E-state index in [4.69, 9.17) is 11.6 Å². The maximum absolute atomic E-state index is 13.0. The first-order valence-corrected chi connectivity index (χ1v) is 9.27. The zero-order valence-electron chi connectivity index (χ0n) is 15.4. The predicted octanol–water partition coefficient (Wildman–Crippen LogP) is 4.84. The Bertz CT molecular complexity index is 1020. The van der Waals surface area contributed by atoms with Gasteiger partial charge in [0, 0.05) is 24.8 Å². The summed E-state index contributed by atoms with van der Waals surface area (Å²) in [6.45, 7) is 1.14. The number of aliphatic hydroxyl groups excluding tert-OH is 1. The van der Waals surface area contributed by atoms with Crippen molar-refractivity contribution in [2.24, 2.45) is 0 Å². The van der Waals surface area contributed by atoms with Crippen LogP contribution in [-0.2, 0) is 6.18 Å². The molecule has 1 aliphatic rings. The molecule has 158 valence electrons. The molecule has 7 nitrogen and oxygen atoms in total. The van der Waals surface area contributed by atoms with Crippen LogP contribution in [0.25, 0.3) is 0 Å². The highest BCUT2D eigenvalue weighted by Crippen LogP contribution is 2.41. The summed E-state index contributed by atoms with van der Waals surface area (Å²) in [7, 11) is 0. The fourth-order valence-electron chi connectivity index (χ4n) is 3.27. The summed E-state index contributed by atoms with van der Waals surface area (Å²) in [5.74, 6) is 0. The third-order valence-corrected chi connectivity index (χ3v) is 5.10. The molecule has 1 aliphatic heterocycles. The van der Waals surface area contributed by atoms with Crippen LogP contribution in [-0.4, -0.2) is 29.2 Å². The van der Waals surface area contributed by atoms with Gasteiger partial charge in [0.1, 0.15) is 11.8 Å². The van der Waals surface area contributed by atoms with Crippen LogP contribution in [0, 0.1) is 21.4 Å². The molecule has 0 spiro atoms. The fraction of sp³-hybridized carbons (Fsp3) is 0.316. The van der Waals surface area contributed by atoms with Crippen LogP contribution in [0.3, 0.4) is 0 Å². The zero-order valence-corrected chi connectivity index (χ0v) is 16.2. The second-order valence-corrected chi connectivity index (χ2v) is 7.20. The van der Waals surface area contributed by atoms with Crippen LogP contribution >= 0.6 is 11.6 Å². The lowest BCUT2D eigenvalue weighted by atomic mass is 10.0. The predicted molar refractivity (Wildman–Crippen MR) is 105 cm³/mol. The number of hydrogen-bond donors (Lipinski definition) is 2. The summed E-state index contributed by atoms with van der Waals surface area (Å²) < 4.78 is 39.0. The lowest BCUT2D eigenvalue weighted by Gasteiger charge is -2.32. The van der Waals surface area contributed by atoms with Crippen molar-refractivity contribution >= 4 is 34.4 Å². The largest absolute Gasteiger partial charge is 0.418 e. The van der Waals surface area contributed by atoms with E-state index in [-0.39, 0.29) is 23.0 Å². The van der Waals surface area contributed by atoms with Gasteiger partial charge in [0.15, 0.2) is 0 Å². The molecule has 2 aromatic rings. The number of piperidine rings is 1. The maximum atomic E-state index is 13.0. The molecular weight excluding hydrogens is 425 g/mol. The molecule has 0 atom stereocenters. The second kappa shape index (κ2) is 8.38. The number of rotatable bonds is 4. The van der Waals surface area contributed by atoms with Gasteiger partial charge < -0.3 is 15.3 Å². The maximum Gasteiger partial charge on any atom is 0.418 e. The van der Waals surface area contributed by atoms with Crippen molar-refractivity contribution in [2.45, 2.75) is 25.1 Å². The van der Waals surface area contributed by atoms with Gasteiger partial charge in [0.05, 0.1) is 32.9 Å². The second-order valence-electron chi connectivity index (χ2n) is 6.79. The Hall–Kier alpha value is -3.03. The first-order valence-electron chi connectivity index (χ1n) is 8.89. The highest BCUT2D eigenvalue weighted by atomic mass is 35.5. The van der Waals surface area contributed by atoms with E-state index in [1.165, 1.54) is 6.07 Å². The number of hydrogen-bond acceptors (Lipinski definition) is 6. The van der Waals surface area contributed by atoms with Crippen LogP contribution in [0.4, 0.5) is 35.9 Å². The molecule has 1 saturated heterocycles. The lowest BCUT2D eigenvalue weighted by Crippen LogP contribution is -2.36. The third kappa shape index (κ3) is 4.58. The summed E-state index contributed by atoms with van der Waals surface area (Å²) in [5, 5.41) is 32.4. The van der Waals surface area contributed by atoms with Gasteiger partial charge in [-0.1, -0.05) is 11.6 Å². The molecule has 2 N–H and O–H groups in total. The number of nitro benzene ring substituents is 1. The Morgan fingerprint density at radius 3 is 2.50 bits per heavy atom. The topological polar surface area (TPSA) is 102 Å². The van der Waals surface area contributed by atoms with Crippen LogP contribution < -0.4 is 10.2 Å². The number of alkyl halides is 3. The number of aliphatic hydroxyl groups is 1. The summed E-state index contributed by atoms with van der Waals surface area (Å²) in [5.41, 5.74) is -1.10. The number of nitriles is 1. The highest BCUT2D eigenvalue weighted by Gasteiger charge is 2.36. The van der Waals surface area contributed by atoms with Gasteiger partial charge in [0.25, 0.3) is 5.69 Å². The van der Waals surface area contributed by atoms with Crippen molar-refractivity contribution in [3.63, 3.8) is 0 Å². The molecule has 0 unspecified atom stereocenters. The Morgan fingerprint density at radius 2 is 1.93 bits per heavy atom. The normalized spacial score (nSPS) is 15.0. The van der Waals surface area contributed by atoms with Crippen LogP contribution in [0.15, 0.2) is 30.3 Å². The molecule has 30 heavy (non-hydrogen) atoms. The molecule has 0 saturated carbocycles. The standard InChI is InChI=1S/C19H16ClF3N4O3/c20-15-9-16(18(27(29)30)8-14(15)19(21,22)23)25-12-1-2-17(11(7-12)10-24)26-5-3-13(28)4-6-26/h1-2,7-9,13,25,28H,3-6H2. The van der Waals surface area contributed by atoms with Crippen molar-refractivity contribution in [1.29, 1.82) is 5.26 Å². The Labute approximate surface area is 174 Å².